The van der Waals surface area contributed by atoms with E-state index in [2.05, 4.69) is 77.7 Å². The highest BCUT2D eigenvalue weighted by Gasteiger charge is 2.20. The van der Waals surface area contributed by atoms with Gasteiger partial charge < -0.3 is 4.57 Å². The van der Waals surface area contributed by atoms with E-state index >= 15 is 0 Å². The van der Waals surface area contributed by atoms with Gasteiger partial charge in [-0.15, -0.1) is 0 Å². The van der Waals surface area contributed by atoms with Crippen LogP contribution in [0.25, 0.3) is 16.9 Å². The van der Waals surface area contributed by atoms with Gasteiger partial charge in [0, 0.05) is 13.1 Å². The molecular weight excluding hydrogens is 448 g/mol. The number of fused-ring (bicyclic) bond motifs is 1. The topological polar surface area (TPSA) is 61.8 Å². The zero-order valence-electron chi connectivity index (χ0n) is 22.6. The van der Waals surface area contributed by atoms with Crippen molar-refractivity contribution in [3.8, 4) is 5.69 Å². The van der Waals surface area contributed by atoms with Gasteiger partial charge >= 0.3 is 5.69 Å². The zero-order valence-corrected chi connectivity index (χ0v) is 22.6. The second-order valence-electron chi connectivity index (χ2n) is 11.5. The van der Waals surface area contributed by atoms with Crippen LogP contribution in [-0.2, 0) is 18.5 Å². The molecule has 2 heterocycles. The molecule has 2 aromatic carbocycles. The fraction of sp³-hybridized carbons (Fsp3) is 0.433. The van der Waals surface area contributed by atoms with Gasteiger partial charge in [0.2, 0.25) is 0 Å². The minimum absolute atomic E-state index is 0.0750. The second-order valence-corrected chi connectivity index (χ2v) is 11.5. The van der Waals surface area contributed by atoms with Crippen molar-refractivity contribution >= 4 is 11.2 Å². The number of hydrogen-bond acceptors (Lipinski definition) is 3. The molecule has 4 aromatic rings. The molecular formula is C30H38N4O2. The third kappa shape index (κ3) is 5.08. The van der Waals surface area contributed by atoms with E-state index in [1.807, 2.05) is 28.8 Å². The Morgan fingerprint density at radius 1 is 0.889 bits per heavy atom. The van der Waals surface area contributed by atoms with Crippen LogP contribution in [0.3, 0.4) is 0 Å². The molecule has 0 saturated heterocycles. The van der Waals surface area contributed by atoms with Crippen LogP contribution in [0, 0.1) is 5.92 Å². The Morgan fingerprint density at radius 3 is 2.08 bits per heavy atom. The smallest absolute Gasteiger partial charge is 0.320 e. The van der Waals surface area contributed by atoms with Crippen LogP contribution >= 0.6 is 0 Å². The van der Waals surface area contributed by atoms with Crippen molar-refractivity contribution in [2.24, 2.45) is 5.92 Å². The average Bonchev–Trinajstić information content (AvgIpc) is 3.22. The Kier molecular flexibility index (Phi) is 7.07. The SMILES string of the molecule is CC(C)CCn1c(=O)c2c(ncn2Cc2ccc(C(C)(C)C)cc2)n(-c2ccc(C(C)C)cc2)c1=O. The monoisotopic (exact) mass is 486 g/mol. The largest absolute Gasteiger partial charge is 0.337 e. The average molecular weight is 487 g/mol. The van der Waals surface area contributed by atoms with Gasteiger partial charge in [-0.25, -0.2) is 14.3 Å². The number of imidazole rings is 1. The van der Waals surface area contributed by atoms with Crippen LogP contribution in [0.15, 0.2) is 64.4 Å². The minimum atomic E-state index is -0.342. The lowest BCUT2D eigenvalue weighted by Crippen LogP contribution is -2.40. The normalized spacial score (nSPS) is 12.2. The molecule has 0 fully saturated rings. The van der Waals surface area contributed by atoms with Crippen LogP contribution in [0.2, 0.25) is 0 Å². The fourth-order valence-electron chi connectivity index (χ4n) is 4.43. The number of nitrogens with zero attached hydrogens (tertiary/aromatic N) is 4. The molecule has 0 amide bonds. The van der Waals surface area contributed by atoms with E-state index in [0.29, 0.717) is 41.8 Å². The van der Waals surface area contributed by atoms with Gasteiger partial charge in [-0.3, -0.25) is 9.36 Å². The van der Waals surface area contributed by atoms with Crippen LogP contribution in [0.4, 0.5) is 0 Å². The van der Waals surface area contributed by atoms with Gasteiger partial charge in [0.05, 0.1) is 12.0 Å². The summed E-state index contributed by atoms with van der Waals surface area (Å²) in [7, 11) is 0. The maximum atomic E-state index is 13.6. The first-order chi connectivity index (χ1) is 17.0. The summed E-state index contributed by atoms with van der Waals surface area (Å²) in [5.74, 6) is 0.761. The summed E-state index contributed by atoms with van der Waals surface area (Å²) >= 11 is 0. The summed E-state index contributed by atoms with van der Waals surface area (Å²) in [6, 6.07) is 16.4. The van der Waals surface area contributed by atoms with Gasteiger partial charge in [0.15, 0.2) is 11.2 Å². The van der Waals surface area contributed by atoms with E-state index in [0.717, 1.165) is 12.0 Å². The summed E-state index contributed by atoms with van der Waals surface area (Å²) in [6.45, 7) is 15.9. The minimum Gasteiger partial charge on any atom is -0.320 e. The third-order valence-electron chi connectivity index (χ3n) is 6.82. The van der Waals surface area contributed by atoms with Crippen LogP contribution in [0.1, 0.15) is 77.5 Å². The molecule has 4 rings (SSSR count). The van der Waals surface area contributed by atoms with E-state index < -0.39 is 0 Å². The standard InChI is InChI=1S/C30H38N4O2/c1-20(2)16-17-33-28(35)26-27(34(29(33)36)25-14-10-23(11-15-25)21(3)4)31-19-32(26)18-22-8-12-24(13-9-22)30(5,6)7/h8-15,19-21H,16-18H2,1-7H3. The number of benzene rings is 2. The first-order valence-corrected chi connectivity index (χ1v) is 12.9. The molecule has 0 aliphatic carbocycles. The molecule has 0 spiro atoms. The Bertz CT molecular complexity index is 1460. The molecule has 2 aromatic heterocycles. The Morgan fingerprint density at radius 2 is 1.53 bits per heavy atom. The van der Waals surface area contributed by atoms with Crippen molar-refractivity contribution in [1.29, 1.82) is 0 Å². The molecule has 0 aliphatic rings. The predicted octanol–water partition coefficient (Wildman–Crippen LogP) is 5.86. The quantitative estimate of drug-likeness (QED) is 0.328. The maximum absolute atomic E-state index is 13.6. The highest BCUT2D eigenvalue weighted by Crippen LogP contribution is 2.23. The lowest BCUT2D eigenvalue weighted by molar-refractivity contribution is 0.491. The molecule has 6 nitrogen and oxygen atoms in total. The summed E-state index contributed by atoms with van der Waals surface area (Å²) in [6.07, 6.45) is 2.42. The van der Waals surface area contributed by atoms with Crippen LogP contribution in [0.5, 0.6) is 0 Å². The van der Waals surface area contributed by atoms with Gasteiger partial charge in [-0.2, -0.15) is 0 Å². The highest BCUT2D eigenvalue weighted by molar-refractivity contribution is 5.72. The molecule has 0 radical (unpaired) electrons. The van der Waals surface area contributed by atoms with Crippen molar-refractivity contribution in [2.45, 2.75) is 79.3 Å². The second kappa shape index (κ2) is 9.92. The van der Waals surface area contributed by atoms with E-state index in [1.165, 1.54) is 15.7 Å². The molecule has 0 aliphatic heterocycles. The van der Waals surface area contributed by atoms with Gasteiger partial charge in [0.1, 0.15) is 0 Å². The van der Waals surface area contributed by atoms with Gasteiger partial charge in [0.25, 0.3) is 5.56 Å². The van der Waals surface area contributed by atoms with Crippen LogP contribution < -0.4 is 11.2 Å². The number of rotatable bonds is 7. The van der Waals surface area contributed by atoms with Gasteiger partial charge in [-0.1, -0.05) is 84.9 Å². The molecule has 0 bridgehead atoms. The molecule has 0 unspecified atom stereocenters. The van der Waals surface area contributed by atoms with Gasteiger partial charge in [-0.05, 0) is 52.5 Å². The Labute approximate surface area is 213 Å². The summed E-state index contributed by atoms with van der Waals surface area (Å²) in [5, 5.41) is 0. The lowest BCUT2D eigenvalue weighted by atomic mass is 9.87. The van der Waals surface area contributed by atoms with Crippen molar-refractivity contribution < 1.29 is 0 Å². The van der Waals surface area contributed by atoms with Crippen molar-refractivity contribution in [3.63, 3.8) is 0 Å². The number of aromatic nitrogens is 4. The van der Waals surface area contributed by atoms with E-state index in [4.69, 9.17) is 0 Å². The van der Waals surface area contributed by atoms with Crippen LogP contribution in [-0.4, -0.2) is 18.7 Å². The summed E-state index contributed by atoms with van der Waals surface area (Å²) in [4.78, 5) is 31.8. The summed E-state index contributed by atoms with van der Waals surface area (Å²) in [5.41, 5.74) is 4.55. The Balaban J connectivity index is 1.86. The van der Waals surface area contributed by atoms with Crippen molar-refractivity contribution in [1.82, 2.24) is 18.7 Å². The highest BCUT2D eigenvalue weighted by atomic mass is 16.2. The van der Waals surface area contributed by atoms with E-state index in [-0.39, 0.29) is 16.7 Å². The first-order valence-electron chi connectivity index (χ1n) is 12.9. The molecule has 36 heavy (non-hydrogen) atoms. The molecule has 190 valence electrons. The molecule has 0 saturated carbocycles. The van der Waals surface area contributed by atoms with E-state index in [9.17, 15) is 9.59 Å². The van der Waals surface area contributed by atoms with E-state index in [1.54, 1.807) is 10.9 Å². The van der Waals surface area contributed by atoms with Crippen molar-refractivity contribution in [3.05, 3.63) is 92.4 Å². The first kappa shape index (κ1) is 25.7. The predicted molar refractivity (Wildman–Crippen MR) is 147 cm³/mol. The molecule has 6 heteroatoms. The van der Waals surface area contributed by atoms with Crippen molar-refractivity contribution in [2.75, 3.05) is 0 Å². The summed E-state index contributed by atoms with van der Waals surface area (Å²) < 4.78 is 4.83. The molecule has 0 atom stereocenters. The number of hydrogen-bond donors (Lipinski definition) is 0. The fourth-order valence-corrected chi connectivity index (χ4v) is 4.43. The Hall–Kier alpha value is -3.41. The zero-order chi connectivity index (χ0) is 26.2. The molecule has 0 N–H and O–H groups in total. The maximum Gasteiger partial charge on any atom is 0.337 e. The third-order valence-corrected chi connectivity index (χ3v) is 6.82. The lowest BCUT2D eigenvalue weighted by Gasteiger charge is -2.19.